The van der Waals surface area contributed by atoms with Crippen molar-refractivity contribution < 1.29 is 39.1 Å². The number of hydrogen-bond donors (Lipinski definition) is 3. The molecule has 0 spiro atoms. The number of ether oxygens (including phenoxy) is 4. The summed E-state index contributed by atoms with van der Waals surface area (Å²) in [5, 5.41) is 29.4. The first-order valence-electron chi connectivity index (χ1n) is 6.22. The van der Waals surface area contributed by atoms with Crippen molar-refractivity contribution in [1.29, 1.82) is 0 Å². The van der Waals surface area contributed by atoms with E-state index >= 15 is 0 Å². The van der Waals surface area contributed by atoms with Gasteiger partial charge in [0.2, 0.25) is 10.1 Å². The zero-order chi connectivity index (χ0) is 16.9. The van der Waals surface area contributed by atoms with Crippen LogP contribution < -0.4 is 0 Å². The van der Waals surface area contributed by atoms with Gasteiger partial charge in [0.05, 0.1) is 6.61 Å². The van der Waals surface area contributed by atoms with Crippen molar-refractivity contribution in [2.45, 2.75) is 53.8 Å². The topological polar surface area (TPSA) is 115 Å². The molecule has 2 rings (SSSR count). The maximum Gasteiger partial charge on any atom is 0.367 e. The standard InChI is InChI=1S/C11H15Cl3O8/c1-9(2)21-6(10(18,22-9)7(16)17)5-4(15)3-19-8(20-5)11(12,13)14/h4-6,8,15,18H,3H2,1-2H3,(H,16,17)/t4-,5+,6-,8?,10-/m0/s1. The van der Waals surface area contributed by atoms with E-state index in [-0.39, 0.29) is 6.61 Å². The van der Waals surface area contributed by atoms with Gasteiger partial charge in [-0.2, -0.15) is 0 Å². The van der Waals surface area contributed by atoms with Crippen molar-refractivity contribution >= 4 is 40.8 Å². The molecule has 2 fully saturated rings. The number of aliphatic hydroxyl groups is 2. The van der Waals surface area contributed by atoms with Gasteiger partial charge < -0.3 is 34.3 Å². The highest BCUT2D eigenvalue weighted by molar-refractivity contribution is 6.67. The molecule has 0 saturated carbocycles. The first kappa shape index (κ1) is 18.4. The summed E-state index contributed by atoms with van der Waals surface area (Å²) < 4.78 is 18.8. The Morgan fingerprint density at radius 2 is 1.91 bits per heavy atom. The number of alkyl halides is 3. The number of halogens is 3. The fourth-order valence-electron chi connectivity index (χ4n) is 2.30. The molecule has 0 bridgehead atoms. The summed E-state index contributed by atoms with van der Waals surface area (Å²) in [4.78, 5) is 11.3. The van der Waals surface area contributed by atoms with Crippen LogP contribution in [0.4, 0.5) is 0 Å². The van der Waals surface area contributed by atoms with Crippen LogP contribution in [-0.4, -0.2) is 67.9 Å². The molecule has 11 heteroatoms. The van der Waals surface area contributed by atoms with Gasteiger partial charge in [-0.3, -0.25) is 0 Å². The van der Waals surface area contributed by atoms with E-state index in [1.54, 1.807) is 0 Å². The molecule has 2 heterocycles. The maximum absolute atomic E-state index is 11.3. The molecule has 2 aliphatic heterocycles. The molecular formula is C11H15Cl3O8. The highest BCUT2D eigenvalue weighted by Gasteiger charge is 2.63. The second kappa shape index (κ2) is 5.87. The summed E-state index contributed by atoms with van der Waals surface area (Å²) in [5.41, 5.74) is 0. The average Bonchev–Trinajstić information content (AvgIpc) is 2.59. The zero-order valence-electron chi connectivity index (χ0n) is 11.5. The molecule has 2 saturated heterocycles. The van der Waals surface area contributed by atoms with Crippen molar-refractivity contribution in [3.05, 3.63) is 0 Å². The Balaban J connectivity index is 2.29. The van der Waals surface area contributed by atoms with Crippen LogP contribution in [0, 0.1) is 0 Å². The summed E-state index contributed by atoms with van der Waals surface area (Å²) in [6.07, 6.45) is -5.61. The van der Waals surface area contributed by atoms with E-state index < -0.39 is 45.9 Å². The largest absolute Gasteiger partial charge is 0.477 e. The number of carboxylic acid groups (broad SMARTS) is 1. The van der Waals surface area contributed by atoms with Crippen LogP contribution in [0.2, 0.25) is 0 Å². The second-order valence-electron chi connectivity index (χ2n) is 5.42. The van der Waals surface area contributed by atoms with Crippen molar-refractivity contribution in [3.8, 4) is 0 Å². The van der Waals surface area contributed by atoms with Crippen LogP contribution in [0.5, 0.6) is 0 Å². The predicted octanol–water partition coefficient (Wildman–Crippen LogP) is 0.384. The Bertz CT molecular complexity index is 453. The molecule has 8 nitrogen and oxygen atoms in total. The van der Waals surface area contributed by atoms with E-state index in [0.717, 1.165) is 0 Å². The highest BCUT2D eigenvalue weighted by atomic mass is 35.6. The second-order valence-corrected chi connectivity index (χ2v) is 7.79. The molecule has 3 N–H and O–H groups in total. The Morgan fingerprint density at radius 3 is 2.41 bits per heavy atom. The normalized spacial score (nSPS) is 42.3. The number of hydrogen-bond acceptors (Lipinski definition) is 7. The molecule has 0 aromatic carbocycles. The molecule has 128 valence electrons. The predicted molar refractivity (Wildman–Crippen MR) is 73.5 cm³/mol. The SMILES string of the molecule is CC1(C)O[C@@H]([C@@H]2OC(C(Cl)(Cl)Cl)OC[C@@H]2O)[C@@](O)(C(=O)O)O1. The number of aliphatic carboxylic acids is 1. The van der Waals surface area contributed by atoms with E-state index in [9.17, 15) is 20.1 Å². The van der Waals surface area contributed by atoms with Crippen LogP contribution in [-0.2, 0) is 23.7 Å². The van der Waals surface area contributed by atoms with Crippen LogP contribution in [0.3, 0.4) is 0 Å². The van der Waals surface area contributed by atoms with Gasteiger partial charge >= 0.3 is 5.97 Å². The number of aliphatic hydroxyl groups excluding tert-OH is 1. The molecule has 0 aromatic rings. The Morgan fingerprint density at radius 1 is 1.32 bits per heavy atom. The monoisotopic (exact) mass is 380 g/mol. The summed E-state index contributed by atoms with van der Waals surface area (Å²) in [6.45, 7) is 2.50. The lowest BCUT2D eigenvalue weighted by molar-refractivity contribution is -0.289. The number of rotatable bonds is 2. The minimum Gasteiger partial charge on any atom is -0.477 e. The average molecular weight is 382 g/mol. The lowest BCUT2D eigenvalue weighted by Crippen LogP contribution is -2.61. The van der Waals surface area contributed by atoms with E-state index in [2.05, 4.69) is 0 Å². The molecule has 1 unspecified atom stereocenters. The van der Waals surface area contributed by atoms with Crippen LogP contribution in [0.25, 0.3) is 0 Å². The van der Waals surface area contributed by atoms with E-state index in [4.69, 9.17) is 53.8 Å². The summed E-state index contributed by atoms with van der Waals surface area (Å²) in [6, 6.07) is 0. The minimum atomic E-state index is -2.73. The molecule has 22 heavy (non-hydrogen) atoms. The van der Waals surface area contributed by atoms with Gasteiger partial charge in [-0.1, -0.05) is 34.8 Å². The van der Waals surface area contributed by atoms with E-state index in [1.807, 2.05) is 0 Å². The third kappa shape index (κ3) is 3.45. The quantitative estimate of drug-likeness (QED) is 0.588. The number of carbonyl (C=O) groups is 1. The van der Waals surface area contributed by atoms with Gasteiger partial charge in [-0.25, -0.2) is 4.79 Å². The van der Waals surface area contributed by atoms with Crippen LogP contribution in [0.15, 0.2) is 0 Å². The van der Waals surface area contributed by atoms with Crippen molar-refractivity contribution in [2.24, 2.45) is 0 Å². The van der Waals surface area contributed by atoms with E-state index in [1.165, 1.54) is 13.8 Å². The lowest BCUT2D eigenvalue weighted by Gasteiger charge is -2.40. The molecule has 2 aliphatic rings. The molecule has 0 amide bonds. The molecule has 0 radical (unpaired) electrons. The van der Waals surface area contributed by atoms with Gasteiger partial charge in [0, 0.05) is 0 Å². The van der Waals surface area contributed by atoms with Crippen LogP contribution >= 0.6 is 34.8 Å². The first-order valence-corrected chi connectivity index (χ1v) is 7.36. The fourth-order valence-corrected chi connectivity index (χ4v) is 2.64. The van der Waals surface area contributed by atoms with Crippen molar-refractivity contribution in [3.63, 3.8) is 0 Å². The van der Waals surface area contributed by atoms with Crippen molar-refractivity contribution in [2.75, 3.05) is 6.61 Å². The Hall–Kier alpha value is 0.1000. The van der Waals surface area contributed by atoms with Gasteiger partial charge in [0.15, 0.2) is 11.9 Å². The fraction of sp³-hybridized carbons (Fsp3) is 0.909. The van der Waals surface area contributed by atoms with Crippen molar-refractivity contribution in [1.82, 2.24) is 0 Å². The molecule has 5 atom stereocenters. The van der Waals surface area contributed by atoms with Gasteiger partial charge in [-0.05, 0) is 13.8 Å². The highest BCUT2D eigenvalue weighted by Crippen LogP contribution is 2.42. The summed E-state index contributed by atoms with van der Waals surface area (Å²) >= 11 is 17.0. The van der Waals surface area contributed by atoms with Gasteiger partial charge in [0.1, 0.15) is 12.2 Å². The lowest BCUT2D eigenvalue weighted by atomic mass is 9.99. The van der Waals surface area contributed by atoms with Crippen LogP contribution in [0.1, 0.15) is 13.8 Å². The van der Waals surface area contributed by atoms with E-state index in [0.29, 0.717) is 0 Å². The Kier molecular flexibility index (Phi) is 4.92. The third-order valence-corrected chi connectivity index (χ3v) is 3.68. The maximum atomic E-state index is 11.3. The smallest absolute Gasteiger partial charge is 0.367 e. The Labute approximate surface area is 140 Å². The molecule has 0 aliphatic carbocycles. The molecular weight excluding hydrogens is 366 g/mol. The summed E-state index contributed by atoms with van der Waals surface area (Å²) in [5.74, 6) is -5.85. The number of carboxylic acids is 1. The first-order chi connectivity index (χ1) is 9.87. The third-order valence-electron chi connectivity index (χ3n) is 3.15. The van der Waals surface area contributed by atoms with Gasteiger partial charge in [0.25, 0.3) is 5.79 Å². The summed E-state index contributed by atoms with van der Waals surface area (Å²) in [7, 11) is 0. The zero-order valence-corrected chi connectivity index (χ0v) is 13.8. The van der Waals surface area contributed by atoms with Gasteiger partial charge in [-0.15, -0.1) is 0 Å². The molecule has 0 aromatic heterocycles. The minimum absolute atomic E-state index is 0.306.